The zero-order valence-electron chi connectivity index (χ0n) is 40.2. The SMILES string of the molecule is CCCCCCC/C=C\C/C=C\CCCCCCCCCCCCCCCCCCCC(=O)NC(COP(=O)([O-])OCC[N+](C)(C)C)C(O)/C=C/CCCCCCCCC. The molecular formula is C51H99N2O6P. The van der Waals surface area contributed by atoms with Crippen LogP contribution in [0.3, 0.4) is 0 Å². The van der Waals surface area contributed by atoms with Crippen molar-refractivity contribution in [1.29, 1.82) is 0 Å². The van der Waals surface area contributed by atoms with Crippen LogP contribution in [0.15, 0.2) is 36.5 Å². The van der Waals surface area contributed by atoms with Gasteiger partial charge in [-0.2, -0.15) is 0 Å². The van der Waals surface area contributed by atoms with Crippen molar-refractivity contribution < 1.29 is 32.9 Å². The van der Waals surface area contributed by atoms with E-state index in [9.17, 15) is 19.4 Å². The Morgan fingerprint density at radius 2 is 0.967 bits per heavy atom. The third-order valence-electron chi connectivity index (χ3n) is 11.3. The summed E-state index contributed by atoms with van der Waals surface area (Å²) in [4.78, 5) is 25.3. The van der Waals surface area contributed by atoms with E-state index in [1.807, 2.05) is 27.2 Å². The molecule has 0 aromatic heterocycles. The number of likely N-dealkylation sites (N-methyl/N-ethyl adjacent to an activating group) is 1. The summed E-state index contributed by atoms with van der Waals surface area (Å²) in [7, 11) is 1.26. The smallest absolute Gasteiger partial charge is 0.268 e. The molecule has 0 rings (SSSR count). The highest BCUT2D eigenvalue weighted by Crippen LogP contribution is 2.38. The van der Waals surface area contributed by atoms with Crippen LogP contribution in [0, 0.1) is 0 Å². The maximum Gasteiger partial charge on any atom is 0.268 e. The molecule has 0 saturated carbocycles. The molecule has 354 valence electrons. The Morgan fingerprint density at radius 3 is 1.38 bits per heavy atom. The van der Waals surface area contributed by atoms with E-state index in [0.717, 1.165) is 44.9 Å². The molecule has 0 aromatic rings. The fourth-order valence-corrected chi connectivity index (χ4v) is 8.02. The Labute approximate surface area is 372 Å². The first kappa shape index (κ1) is 58.7. The number of carbonyl (C=O) groups excluding carboxylic acids is 1. The van der Waals surface area contributed by atoms with Crippen molar-refractivity contribution in [3.8, 4) is 0 Å². The third-order valence-corrected chi connectivity index (χ3v) is 12.3. The zero-order chi connectivity index (χ0) is 44.3. The molecule has 9 heteroatoms. The summed E-state index contributed by atoms with van der Waals surface area (Å²) in [5.41, 5.74) is 0. The molecule has 8 nitrogen and oxygen atoms in total. The van der Waals surface area contributed by atoms with Crippen molar-refractivity contribution in [2.45, 2.75) is 244 Å². The monoisotopic (exact) mass is 867 g/mol. The van der Waals surface area contributed by atoms with Crippen LogP contribution in [0.2, 0.25) is 0 Å². The molecule has 0 fully saturated rings. The van der Waals surface area contributed by atoms with Crippen molar-refractivity contribution in [3.05, 3.63) is 36.5 Å². The number of phosphoric acid groups is 1. The number of aliphatic hydroxyl groups is 1. The molecule has 0 aliphatic carbocycles. The number of allylic oxidation sites excluding steroid dienone is 5. The van der Waals surface area contributed by atoms with Crippen LogP contribution in [0.1, 0.15) is 232 Å². The minimum atomic E-state index is -4.58. The van der Waals surface area contributed by atoms with Gasteiger partial charge in [0.15, 0.2) is 0 Å². The van der Waals surface area contributed by atoms with E-state index in [0.29, 0.717) is 17.4 Å². The standard InChI is InChI=1S/C51H99N2O6P/c1-6-8-10-12-14-16-17-18-19-20-21-22-23-24-25-26-27-28-29-30-31-32-33-34-35-37-39-41-43-45-51(55)52-49(48-59-60(56,57)58-47-46-53(3,4)5)50(54)44-42-40-38-36-15-13-11-9-7-2/h17-18,20-21,42,44,49-50,54H,6-16,19,22-41,43,45-48H2,1-5H3,(H-,52,55,56,57)/b18-17-,21-20-,44-42+. The second-order valence-corrected chi connectivity index (χ2v) is 19.9. The lowest BCUT2D eigenvalue weighted by atomic mass is 10.0. The molecule has 60 heavy (non-hydrogen) atoms. The molecule has 0 aromatic carbocycles. The first-order valence-corrected chi connectivity index (χ1v) is 26.8. The number of unbranched alkanes of at least 4 members (excludes halogenated alkanes) is 29. The van der Waals surface area contributed by atoms with Crippen molar-refractivity contribution in [3.63, 3.8) is 0 Å². The number of hydrogen-bond acceptors (Lipinski definition) is 6. The molecular weight excluding hydrogens is 768 g/mol. The fraction of sp³-hybridized carbons (Fsp3) is 0.863. The van der Waals surface area contributed by atoms with Gasteiger partial charge in [0.1, 0.15) is 13.2 Å². The number of carbonyl (C=O) groups is 1. The van der Waals surface area contributed by atoms with Gasteiger partial charge in [-0.1, -0.05) is 211 Å². The van der Waals surface area contributed by atoms with Crippen molar-refractivity contribution in [2.24, 2.45) is 0 Å². The van der Waals surface area contributed by atoms with Gasteiger partial charge in [-0.25, -0.2) is 0 Å². The number of aliphatic hydroxyl groups excluding tert-OH is 1. The van der Waals surface area contributed by atoms with Crippen LogP contribution in [0.25, 0.3) is 0 Å². The topological polar surface area (TPSA) is 108 Å². The van der Waals surface area contributed by atoms with E-state index in [1.165, 1.54) is 167 Å². The Morgan fingerprint density at radius 1 is 0.583 bits per heavy atom. The van der Waals surface area contributed by atoms with E-state index in [2.05, 4.69) is 43.5 Å². The quantitative estimate of drug-likeness (QED) is 0.0273. The summed E-state index contributed by atoms with van der Waals surface area (Å²) in [6.07, 6.45) is 53.7. The van der Waals surface area contributed by atoms with E-state index < -0.39 is 20.0 Å². The second kappa shape index (κ2) is 43.0. The number of nitrogens with zero attached hydrogens (tertiary/aromatic N) is 1. The maximum absolute atomic E-state index is 12.9. The number of amides is 1. The Kier molecular flexibility index (Phi) is 42.1. The van der Waals surface area contributed by atoms with Gasteiger partial charge in [-0.05, 0) is 51.4 Å². The van der Waals surface area contributed by atoms with E-state index in [4.69, 9.17) is 9.05 Å². The third kappa shape index (κ3) is 44.8. The highest BCUT2D eigenvalue weighted by molar-refractivity contribution is 7.45. The van der Waals surface area contributed by atoms with Gasteiger partial charge in [-0.3, -0.25) is 9.36 Å². The second-order valence-electron chi connectivity index (χ2n) is 18.5. The Bertz CT molecular complexity index is 1070. The zero-order valence-corrected chi connectivity index (χ0v) is 41.1. The molecule has 0 aliphatic heterocycles. The summed E-state index contributed by atoms with van der Waals surface area (Å²) in [6.45, 7) is 4.61. The number of rotatable bonds is 46. The molecule has 0 heterocycles. The number of nitrogens with one attached hydrogen (secondary N) is 1. The number of quaternary nitrogens is 1. The van der Waals surface area contributed by atoms with Gasteiger partial charge in [-0.15, -0.1) is 0 Å². The maximum atomic E-state index is 12.9. The number of phosphoric ester groups is 1. The summed E-state index contributed by atoms with van der Waals surface area (Å²) in [6, 6.07) is -0.882. The van der Waals surface area contributed by atoms with Gasteiger partial charge in [0.05, 0.1) is 39.9 Å². The average molecular weight is 867 g/mol. The molecule has 1 amide bonds. The lowest BCUT2D eigenvalue weighted by Gasteiger charge is -2.29. The van der Waals surface area contributed by atoms with Gasteiger partial charge in [0, 0.05) is 6.42 Å². The van der Waals surface area contributed by atoms with Crippen LogP contribution in [0.5, 0.6) is 0 Å². The summed E-state index contributed by atoms with van der Waals surface area (Å²) in [5.74, 6) is -0.198. The van der Waals surface area contributed by atoms with Crippen molar-refractivity contribution in [1.82, 2.24) is 5.32 Å². The van der Waals surface area contributed by atoms with Crippen LogP contribution in [0.4, 0.5) is 0 Å². The Hall–Kier alpha value is -1.28. The van der Waals surface area contributed by atoms with Gasteiger partial charge >= 0.3 is 0 Å². The van der Waals surface area contributed by atoms with Gasteiger partial charge in [0.25, 0.3) is 7.82 Å². The van der Waals surface area contributed by atoms with E-state index >= 15 is 0 Å². The highest BCUT2D eigenvalue weighted by Gasteiger charge is 2.23. The van der Waals surface area contributed by atoms with Gasteiger partial charge < -0.3 is 28.8 Å². The van der Waals surface area contributed by atoms with Crippen LogP contribution in [-0.4, -0.2) is 68.5 Å². The number of hydrogen-bond donors (Lipinski definition) is 2. The predicted octanol–water partition coefficient (Wildman–Crippen LogP) is 14.0. The molecule has 0 saturated heterocycles. The molecule has 0 radical (unpaired) electrons. The summed E-state index contributed by atoms with van der Waals surface area (Å²) < 4.78 is 23.2. The summed E-state index contributed by atoms with van der Waals surface area (Å²) >= 11 is 0. The lowest BCUT2D eigenvalue weighted by molar-refractivity contribution is -0.870. The molecule has 3 atom stereocenters. The van der Waals surface area contributed by atoms with E-state index in [-0.39, 0.29) is 19.1 Å². The normalized spacial score (nSPS) is 14.4. The van der Waals surface area contributed by atoms with E-state index in [1.54, 1.807) is 6.08 Å². The highest BCUT2D eigenvalue weighted by atomic mass is 31.2. The fourth-order valence-electron chi connectivity index (χ4n) is 7.30. The molecule has 2 N–H and O–H groups in total. The van der Waals surface area contributed by atoms with Crippen LogP contribution >= 0.6 is 7.82 Å². The molecule has 0 aliphatic rings. The molecule has 0 spiro atoms. The predicted molar refractivity (Wildman–Crippen MR) is 256 cm³/mol. The minimum Gasteiger partial charge on any atom is -0.756 e. The van der Waals surface area contributed by atoms with Crippen LogP contribution in [-0.2, 0) is 18.4 Å². The first-order valence-electron chi connectivity index (χ1n) is 25.4. The largest absolute Gasteiger partial charge is 0.756 e. The van der Waals surface area contributed by atoms with Crippen molar-refractivity contribution in [2.75, 3.05) is 40.9 Å². The van der Waals surface area contributed by atoms with Crippen molar-refractivity contribution >= 4 is 13.7 Å². The lowest BCUT2D eigenvalue weighted by Crippen LogP contribution is -2.45. The Balaban J connectivity index is 4.02. The molecule has 3 unspecified atom stereocenters. The minimum absolute atomic E-state index is 0.000383. The summed E-state index contributed by atoms with van der Waals surface area (Å²) in [5, 5.41) is 13.7. The van der Waals surface area contributed by atoms with Gasteiger partial charge in [0.2, 0.25) is 5.91 Å². The molecule has 0 bridgehead atoms. The average Bonchev–Trinajstić information content (AvgIpc) is 3.20. The van der Waals surface area contributed by atoms with Crippen LogP contribution < -0.4 is 10.2 Å². The first-order chi connectivity index (χ1) is 29.0.